The van der Waals surface area contributed by atoms with Gasteiger partial charge in [-0.3, -0.25) is 4.39 Å². The van der Waals surface area contributed by atoms with Crippen LogP contribution in [0.4, 0.5) is 4.39 Å². The lowest BCUT2D eigenvalue weighted by Gasteiger charge is -2.11. The maximum absolute atomic E-state index is 11.9. The van der Waals surface area contributed by atoms with Crippen molar-refractivity contribution in [1.29, 1.82) is 0 Å². The molecule has 0 spiro atoms. The van der Waals surface area contributed by atoms with Gasteiger partial charge in [0.1, 0.15) is 4.90 Å². The van der Waals surface area contributed by atoms with Crippen molar-refractivity contribution in [1.82, 2.24) is 0 Å². The smallest absolute Gasteiger partial charge is 0.241 e. The first-order valence-corrected chi connectivity index (χ1v) is 7.28. The maximum Gasteiger partial charge on any atom is 0.241 e. The Morgan fingerprint density at radius 1 is 1.47 bits per heavy atom. The molecule has 0 fully saturated rings. The van der Waals surface area contributed by atoms with Gasteiger partial charge in [-0.15, -0.1) is 0 Å². The van der Waals surface area contributed by atoms with Crippen LogP contribution < -0.4 is 9.88 Å². The van der Waals surface area contributed by atoms with E-state index in [1.165, 1.54) is 12.1 Å². The average molecular weight is 347 g/mol. The molecular weight excluding hydrogens is 337 g/mol. The molecule has 17 heavy (non-hydrogen) atoms. The summed E-state index contributed by atoms with van der Waals surface area (Å²) < 4.78 is 40.2. The van der Waals surface area contributed by atoms with E-state index in [0.717, 1.165) is 0 Å². The number of sulfonamides is 1. The summed E-state index contributed by atoms with van der Waals surface area (Å²) in [5, 5.41) is 5.14. The van der Waals surface area contributed by atoms with E-state index in [9.17, 15) is 12.8 Å². The highest BCUT2D eigenvalue weighted by Gasteiger charge is 2.19. The summed E-state index contributed by atoms with van der Waals surface area (Å²) in [5.74, 6) is -0.0502. The first kappa shape index (κ1) is 14.7. The quantitative estimate of drug-likeness (QED) is 0.833. The number of benzene rings is 1. The van der Waals surface area contributed by atoms with Crippen LogP contribution in [0.3, 0.4) is 0 Å². The molecule has 0 atom stereocenters. The SMILES string of the molecule is NS(=O)(=O)c1cc(Br)cc(Cl)c1OCCCF. The summed E-state index contributed by atoms with van der Waals surface area (Å²) in [5.41, 5.74) is 0. The first-order valence-electron chi connectivity index (χ1n) is 4.57. The van der Waals surface area contributed by atoms with Gasteiger partial charge in [0, 0.05) is 10.9 Å². The van der Waals surface area contributed by atoms with Gasteiger partial charge in [0.2, 0.25) is 10.0 Å². The topological polar surface area (TPSA) is 69.4 Å². The molecule has 0 saturated carbocycles. The normalized spacial score (nSPS) is 11.5. The monoisotopic (exact) mass is 345 g/mol. The van der Waals surface area contributed by atoms with E-state index in [-0.39, 0.29) is 28.7 Å². The van der Waals surface area contributed by atoms with Gasteiger partial charge in [-0.1, -0.05) is 27.5 Å². The molecule has 0 amide bonds. The van der Waals surface area contributed by atoms with E-state index in [4.69, 9.17) is 21.5 Å². The third-order valence-corrected chi connectivity index (χ3v) is 3.46. The lowest BCUT2D eigenvalue weighted by molar-refractivity contribution is 0.283. The predicted molar refractivity (Wildman–Crippen MR) is 66.6 cm³/mol. The number of rotatable bonds is 5. The number of hydrogen-bond donors (Lipinski definition) is 1. The molecule has 96 valence electrons. The van der Waals surface area contributed by atoms with Crippen LogP contribution in [0.5, 0.6) is 5.75 Å². The number of primary sulfonamides is 1. The minimum Gasteiger partial charge on any atom is -0.490 e. The molecule has 0 aromatic heterocycles. The molecule has 0 aliphatic rings. The summed E-state index contributed by atoms with van der Waals surface area (Å²) in [6, 6.07) is 2.76. The zero-order chi connectivity index (χ0) is 13.1. The van der Waals surface area contributed by atoms with Crippen LogP contribution in [0, 0.1) is 0 Å². The van der Waals surface area contributed by atoms with Crippen LogP contribution in [0.2, 0.25) is 5.02 Å². The number of halogens is 3. The zero-order valence-corrected chi connectivity index (χ0v) is 11.8. The second-order valence-corrected chi connectivity index (χ2v) is 6.00. The van der Waals surface area contributed by atoms with Crippen molar-refractivity contribution < 1.29 is 17.5 Å². The third-order valence-electron chi connectivity index (χ3n) is 1.81. The maximum atomic E-state index is 11.9. The fourth-order valence-electron chi connectivity index (χ4n) is 1.12. The molecule has 0 bridgehead atoms. The van der Waals surface area contributed by atoms with Crippen LogP contribution in [0.25, 0.3) is 0 Å². The fourth-order valence-corrected chi connectivity index (χ4v) is 2.91. The highest BCUT2D eigenvalue weighted by molar-refractivity contribution is 9.10. The van der Waals surface area contributed by atoms with Crippen LogP contribution >= 0.6 is 27.5 Å². The van der Waals surface area contributed by atoms with Crippen LogP contribution in [0.1, 0.15) is 6.42 Å². The van der Waals surface area contributed by atoms with Crippen molar-refractivity contribution in [2.75, 3.05) is 13.3 Å². The molecule has 1 aromatic rings. The van der Waals surface area contributed by atoms with Gasteiger partial charge in [0.15, 0.2) is 5.75 Å². The Hall–Kier alpha value is -0.370. The van der Waals surface area contributed by atoms with Gasteiger partial charge in [-0.05, 0) is 12.1 Å². The molecule has 0 aliphatic carbocycles. The Morgan fingerprint density at radius 2 is 2.12 bits per heavy atom. The van der Waals surface area contributed by atoms with Gasteiger partial charge < -0.3 is 4.74 Å². The van der Waals surface area contributed by atoms with Crippen molar-refractivity contribution in [3.05, 3.63) is 21.6 Å². The fraction of sp³-hybridized carbons (Fsp3) is 0.333. The van der Waals surface area contributed by atoms with Gasteiger partial charge in [-0.2, -0.15) is 0 Å². The average Bonchev–Trinajstić information content (AvgIpc) is 2.19. The standard InChI is InChI=1S/C9H10BrClFNO3S/c10-6-4-7(11)9(16-3-1-2-12)8(5-6)17(13,14)15/h4-5H,1-3H2,(H2,13,14,15). The number of ether oxygens (including phenoxy) is 1. The summed E-state index contributed by atoms with van der Waals surface area (Å²) in [4.78, 5) is -0.226. The molecule has 1 rings (SSSR count). The van der Waals surface area contributed by atoms with E-state index >= 15 is 0 Å². The molecule has 1 aromatic carbocycles. The summed E-state index contributed by atoms with van der Waals surface area (Å²) in [6.07, 6.45) is 0.149. The Morgan fingerprint density at radius 3 is 2.65 bits per heavy atom. The van der Waals surface area contributed by atoms with Crippen molar-refractivity contribution in [3.63, 3.8) is 0 Å². The zero-order valence-electron chi connectivity index (χ0n) is 8.62. The van der Waals surface area contributed by atoms with Gasteiger partial charge in [0.25, 0.3) is 0 Å². The predicted octanol–water partition coefficient (Wildman–Crippen LogP) is 2.49. The van der Waals surface area contributed by atoms with Crippen LogP contribution in [0.15, 0.2) is 21.5 Å². The Bertz CT molecular complexity index is 509. The summed E-state index contributed by atoms with van der Waals surface area (Å²) >= 11 is 8.95. The molecule has 4 nitrogen and oxygen atoms in total. The van der Waals surface area contributed by atoms with E-state index in [0.29, 0.717) is 4.47 Å². The van der Waals surface area contributed by atoms with Crippen LogP contribution in [-0.2, 0) is 10.0 Å². The molecule has 0 radical (unpaired) electrons. The summed E-state index contributed by atoms with van der Waals surface area (Å²) in [6.45, 7) is -0.529. The minimum atomic E-state index is -3.95. The molecule has 0 heterocycles. The summed E-state index contributed by atoms with van der Waals surface area (Å²) in [7, 11) is -3.95. The van der Waals surface area contributed by atoms with E-state index in [1.54, 1.807) is 0 Å². The number of alkyl halides is 1. The van der Waals surface area contributed by atoms with Gasteiger partial charge in [0.05, 0.1) is 18.3 Å². The van der Waals surface area contributed by atoms with E-state index < -0.39 is 16.7 Å². The van der Waals surface area contributed by atoms with Crippen LogP contribution in [-0.4, -0.2) is 21.7 Å². The van der Waals surface area contributed by atoms with Crippen molar-refractivity contribution >= 4 is 37.6 Å². The Balaban J connectivity index is 3.17. The molecule has 0 unspecified atom stereocenters. The van der Waals surface area contributed by atoms with Crippen molar-refractivity contribution in [2.45, 2.75) is 11.3 Å². The van der Waals surface area contributed by atoms with E-state index in [2.05, 4.69) is 15.9 Å². The highest BCUT2D eigenvalue weighted by atomic mass is 79.9. The molecule has 0 saturated heterocycles. The largest absolute Gasteiger partial charge is 0.490 e. The first-order chi connectivity index (χ1) is 7.86. The lowest BCUT2D eigenvalue weighted by atomic mass is 10.3. The number of nitrogens with two attached hydrogens (primary N) is 1. The number of hydrogen-bond acceptors (Lipinski definition) is 3. The van der Waals surface area contributed by atoms with E-state index in [1.807, 2.05) is 0 Å². The third kappa shape index (κ3) is 4.09. The van der Waals surface area contributed by atoms with Gasteiger partial charge in [-0.25, -0.2) is 13.6 Å². The van der Waals surface area contributed by atoms with Crippen molar-refractivity contribution in [2.24, 2.45) is 5.14 Å². The Kier molecular flexibility index (Phi) is 5.18. The molecule has 0 aliphatic heterocycles. The lowest BCUT2D eigenvalue weighted by Crippen LogP contribution is -2.14. The second kappa shape index (κ2) is 5.99. The molecule has 2 N–H and O–H groups in total. The second-order valence-electron chi connectivity index (χ2n) is 3.15. The Labute approximate surface area is 112 Å². The minimum absolute atomic E-state index is 0.0281. The van der Waals surface area contributed by atoms with Crippen molar-refractivity contribution in [3.8, 4) is 5.75 Å². The molecule has 8 heteroatoms. The highest BCUT2D eigenvalue weighted by Crippen LogP contribution is 2.34. The molecular formula is C9H10BrClFNO3S. The van der Waals surface area contributed by atoms with Gasteiger partial charge >= 0.3 is 0 Å².